The number of amides is 1. The van der Waals surface area contributed by atoms with Crippen molar-refractivity contribution < 1.29 is 22.7 Å². The van der Waals surface area contributed by atoms with E-state index in [-0.39, 0.29) is 23.0 Å². The molecule has 172 valence electrons. The van der Waals surface area contributed by atoms with Gasteiger partial charge in [-0.2, -0.15) is 4.99 Å². The highest BCUT2D eigenvalue weighted by Gasteiger charge is 2.13. The summed E-state index contributed by atoms with van der Waals surface area (Å²) >= 11 is 1.43. The van der Waals surface area contributed by atoms with Crippen molar-refractivity contribution in [3.63, 3.8) is 0 Å². The zero-order valence-corrected chi connectivity index (χ0v) is 20.2. The van der Waals surface area contributed by atoms with Crippen molar-refractivity contribution in [1.82, 2.24) is 4.57 Å². The summed E-state index contributed by atoms with van der Waals surface area (Å²) in [5.41, 5.74) is 1.69. The molecule has 0 aliphatic carbocycles. The molecule has 0 N–H and O–H groups in total. The highest BCUT2D eigenvalue weighted by Crippen LogP contribution is 2.23. The van der Waals surface area contributed by atoms with Gasteiger partial charge in [-0.05, 0) is 49.7 Å². The Bertz CT molecular complexity index is 1240. The van der Waals surface area contributed by atoms with E-state index in [2.05, 4.69) is 4.99 Å². The molecule has 32 heavy (non-hydrogen) atoms. The molecule has 2 aromatic carbocycles. The maximum Gasteiger partial charge on any atom is 0.252 e. The molecule has 0 saturated carbocycles. The monoisotopic (exact) mass is 476 g/mol. The van der Waals surface area contributed by atoms with Gasteiger partial charge in [-0.15, -0.1) is 0 Å². The predicted molar refractivity (Wildman–Crippen MR) is 126 cm³/mol. The molecule has 3 rings (SSSR count). The van der Waals surface area contributed by atoms with Crippen molar-refractivity contribution in [3.05, 3.63) is 52.8 Å². The topological polar surface area (TPSA) is 87.0 Å². The lowest BCUT2D eigenvalue weighted by atomic mass is 10.1. The first-order valence-corrected chi connectivity index (χ1v) is 13.1. The van der Waals surface area contributed by atoms with Crippen LogP contribution in [-0.4, -0.2) is 44.5 Å². The molecule has 0 unspecified atom stereocenters. The molecule has 0 spiro atoms. The van der Waals surface area contributed by atoms with E-state index in [0.29, 0.717) is 31.2 Å². The van der Waals surface area contributed by atoms with Crippen LogP contribution >= 0.6 is 11.3 Å². The Labute approximate surface area is 192 Å². The van der Waals surface area contributed by atoms with Crippen LogP contribution in [0.2, 0.25) is 0 Å². The molecule has 3 aromatic rings. The van der Waals surface area contributed by atoms with Gasteiger partial charge < -0.3 is 14.0 Å². The number of benzene rings is 2. The lowest BCUT2D eigenvalue weighted by Gasteiger charge is -2.06. The van der Waals surface area contributed by atoms with E-state index in [1.807, 2.05) is 36.6 Å². The molecular weight excluding hydrogens is 448 g/mol. The lowest BCUT2D eigenvalue weighted by Crippen LogP contribution is -2.20. The molecule has 0 aliphatic heterocycles. The van der Waals surface area contributed by atoms with Crippen molar-refractivity contribution in [3.8, 4) is 5.75 Å². The number of ether oxygens (including phenoxy) is 2. The van der Waals surface area contributed by atoms with Crippen molar-refractivity contribution in [2.75, 3.05) is 25.6 Å². The number of thiazole rings is 1. The fourth-order valence-corrected chi connectivity index (χ4v) is 5.20. The van der Waals surface area contributed by atoms with Gasteiger partial charge in [0.25, 0.3) is 5.91 Å². The van der Waals surface area contributed by atoms with E-state index >= 15 is 0 Å². The Morgan fingerprint density at radius 1 is 1.06 bits per heavy atom. The van der Waals surface area contributed by atoms with Crippen LogP contribution in [0.25, 0.3) is 10.2 Å². The molecular formula is C23H28N2O5S2. The normalized spacial score (nSPS) is 12.4. The first-order chi connectivity index (χ1) is 15.4. The Morgan fingerprint density at radius 3 is 2.47 bits per heavy atom. The summed E-state index contributed by atoms with van der Waals surface area (Å²) in [5, 5.41) is 0. The third-order valence-electron chi connectivity index (χ3n) is 4.87. The first kappa shape index (κ1) is 24.2. The molecule has 1 amide bonds. The molecule has 0 aliphatic rings. The fraction of sp³-hybridized carbons (Fsp3) is 0.391. The van der Waals surface area contributed by atoms with Crippen LogP contribution in [-0.2, 0) is 32.3 Å². The molecule has 0 saturated heterocycles. The minimum atomic E-state index is -3.26. The van der Waals surface area contributed by atoms with Gasteiger partial charge >= 0.3 is 0 Å². The summed E-state index contributed by atoms with van der Waals surface area (Å²) in [7, 11) is -3.26. The summed E-state index contributed by atoms with van der Waals surface area (Å²) < 4.78 is 38.0. The summed E-state index contributed by atoms with van der Waals surface area (Å²) in [6.45, 7) is 7.78. The zero-order chi connectivity index (χ0) is 23.1. The molecule has 0 radical (unpaired) electrons. The summed E-state index contributed by atoms with van der Waals surface area (Å²) in [6.07, 6.45) is 0.0936. The van der Waals surface area contributed by atoms with Gasteiger partial charge in [0.05, 0.1) is 40.5 Å². The van der Waals surface area contributed by atoms with Gasteiger partial charge in [0.15, 0.2) is 14.6 Å². The minimum Gasteiger partial charge on any atom is -0.494 e. The molecule has 0 fully saturated rings. The smallest absolute Gasteiger partial charge is 0.252 e. The van der Waals surface area contributed by atoms with Gasteiger partial charge in [0.2, 0.25) is 0 Å². The van der Waals surface area contributed by atoms with Crippen LogP contribution in [0.5, 0.6) is 5.75 Å². The highest BCUT2D eigenvalue weighted by molar-refractivity contribution is 7.91. The highest BCUT2D eigenvalue weighted by atomic mass is 32.2. The molecule has 0 bridgehead atoms. The first-order valence-electron chi connectivity index (χ1n) is 10.6. The SMILES string of the molecule is CCOCCn1c(=NC(=O)Cc2ccc(S(=O)(=O)CC)cc2)sc2cc(OCC)ccc21. The Morgan fingerprint density at radius 2 is 1.81 bits per heavy atom. The maximum atomic E-state index is 12.7. The average molecular weight is 477 g/mol. The maximum absolute atomic E-state index is 12.7. The molecule has 1 aromatic heterocycles. The molecule has 0 atom stereocenters. The number of hydrogen-bond acceptors (Lipinski definition) is 6. The van der Waals surface area contributed by atoms with E-state index in [1.54, 1.807) is 31.2 Å². The van der Waals surface area contributed by atoms with Crippen LogP contribution in [0.4, 0.5) is 0 Å². The van der Waals surface area contributed by atoms with E-state index in [1.165, 1.54) is 11.3 Å². The van der Waals surface area contributed by atoms with E-state index < -0.39 is 9.84 Å². The largest absolute Gasteiger partial charge is 0.494 e. The summed E-state index contributed by atoms with van der Waals surface area (Å²) in [5.74, 6) is 0.523. The van der Waals surface area contributed by atoms with E-state index in [4.69, 9.17) is 9.47 Å². The number of nitrogens with zero attached hydrogens (tertiary/aromatic N) is 2. The Balaban J connectivity index is 1.89. The van der Waals surface area contributed by atoms with Crippen LogP contribution in [0.15, 0.2) is 52.4 Å². The molecule has 7 nitrogen and oxygen atoms in total. The number of carbonyl (C=O) groups is 1. The second kappa shape index (κ2) is 10.9. The van der Waals surface area contributed by atoms with Crippen molar-refractivity contribution >= 4 is 37.3 Å². The molecule has 1 heterocycles. The van der Waals surface area contributed by atoms with Gasteiger partial charge in [-0.3, -0.25) is 4.79 Å². The molecule has 9 heteroatoms. The fourth-order valence-electron chi connectivity index (χ4n) is 3.21. The third kappa shape index (κ3) is 5.85. The zero-order valence-electron chi connectivity index (χ0n) is 18.5. The average Bonchev–Trinajstić information content (AvgIpc) is 3.10. The van der Waals surface area contributed by atoms with E-state index in [9.17, 15) is 13.2 Å². The summed E-state index contributed by atoms with van der Waals surface area (Å²) in [6, 6.07) is 12.2. The summed E-state index contributed by atoms with van der Waals surface area (Å²) in [4.78, 5) is 17.9. The minimum absolute atomic E-state index is 0.0410. The van der Waals surface area contributed by atoms with Crippen LogP contribution < -0.4 is 9.54 Å². The standard InChI is InChI=1S/C23H28N2O5S2/c1-4-29-14-13-25-20-12-9-18(30-5-2)16-21(20)31-23(25)24-22(26)15-17-7-10-19(11-8-17)32(27,28)6-3/h7-12,16H,4-6,13-15H2,1-3H3. The number of sulfone groups is 1. The van der Waals surface area contributed by atoms with Crippen LogP contribution in [0.3, 0.4) is 0 Å². The second-order valence-corrected chi connectivity index (χ2v) is 10.3. The number of aromatic nitrogens is 1. The van der Waals surface area contributed by atoms with Gasteiger partial charge in [-0.1, -0.05) is 30.4 Å². The van der Waals surface area contributed by atoms with Gasteiger partial charge in [0.1, 0.15) is 5.75 Å². The number of hydrogen-bond donors (Lipinski definition) is 0. The van der Waals surface area contributed by atoms with Crippen LogP contribution in [0.1, 0.15) is 26.3 Å². The lowest BCUT2D eigenvalue weighted by molar-refractivity contribution is -0.117. The van der Waals surface area contributed by atoms with Crippen molar-refractivity contribution in [2.24, 2.45) is 4.99 Å². The van der Waals surface area contributed by atoms with Gasteiger partial charge in [-0.25, -0.2) is 8.42 Å². The van der Waals surface area contributed by atoms with Crippen LogP contribution in [0, 0.1) is 0 Å². The number of fused-ring (bicyclic) bond motifs is 1. The van der Waals surface area contributed by atoms with E-state index in [0.717, 1.165) is 21.5 Å². The van der Waals surface area contributed by atoms with Gasteiger partial charge in [0, 0.05) is 13.2 Å². The Hall–Kier alpha value is -2.49. The predicted octanol–water partition coefficient (Wildman–Crippen LogP) is 3.60. The second-order valence-electron chi connectivity index (χ2n) is 7.03. The van der Waals surface area contributed by atoms with Crippen molar-refractivity contribution in [1.29, 1.82) is 0 Å². The Kier molecular flexibility index (Phi) is 8.22. The third-order valence-corrected chi connectivity index (χ3v) is 7.66. The van der Waals surface area contributed by atoms with Crippen molar-refractivity contribution in [2.45, 2.75) is 38.6 Å². The quantitative estimate of drug-likeness (QED) is 0.417. The number of rotatable bonds is 10. The number of carbonyl (C=O) groups excluding carboxylic acids is 1.